The maximum absolute atomic E-state index is 6.46. The third-order valence-corrected chi connectivity index (χ3v) is 11.4. The fourth-order valence-electron chi connectivity index (χ4n) is 4.08. The molecule has 1 atom stereocenters. The molecule has 0 aromatic rings. The van der Waals surface area contributed by atoms with Crippen molar-refractivity contribution < 1.29 is 8.85 Å². The molecule has 26 heavy (non-hydrogen) atoms. The highest BCUT2D eigenvalue weighted by atomic mass is 28.4. The van der Waals surface area contributed by atoms with E-state index in [0.717, 1.165) is 19.3 Å². The fourth-order valence-corrected chi connectivity index (χ4v) is 8.44. The van der Waals surface area contributed by atoms with Crippen LogP contribution in [0.4, 0.5) is 0 Å². The highest BCUT2D eigenvalue weighted by Gasteiger charge is 2.53. The van der Waals surface area contributed by atoms with E-state index < -0.39 is 8.56 Å². The van der Waals surface area contributed by atoms with Crippen LogP contribution in [-0.2, 0) is 8.85 Å². The SMILES string of the molecule is CCCCCCCCCCCC[Si](OCC)(OCC)C(C)(C)C(C)CC. The van der Waals surface area contributed by atoms with Gasteiger partial charge in [-0.05, 0) is 25.8 Å². The Morgan fingerprint density at radius 3 is 1.50 bits per heavy atom. The molecule has 0 fully saturated rings. The summed E-state index contributed by atoms with van der Waals surface area (Å²) in [6.45, 7) is 17.6. The second kappa shape index (κ2) is 15.1. The Balaban J connectivity index is 4.40. The van der Waals surface area contributed by atoms with Crippen LogP contribution in [0.1, 0.15) is 119 Å². The van der Waals surface area contributed by atoms with Crippen LogP contribution in [0.2, 0.25) is 11.1 Å². The van der Waals surface area contributed by atoms with E-state index in [1.165, 1.54) is 70.6 Å². The smallest absolute Gasteiger partial charge is 0.344 e. The van der Waals surface area contributed by atoms with E-state index in [2.05, 4.69) is 48.5 Å². The molecular formula is C23H50O2Si. The van der Waals surface area contributed by atoms with Crippen LogP contribution in [0.25, 0.3) is 0 Å². The van der Waals surface area contributed by atoms with Gasteiger partial charge < -0.3 is 8.85 Å². The monoisotopic (exact) mass is 386 g/mol. The van der Waals surface area contributed by atoms with Crippen molar-refractivity contribution in [1.29, 1.82) is 0 Å². The van der Waals surface area contributed by atoms with Gasteiger partial charge in [-0.3, -0.25) is 0 Å². The van der Waals surface area contributed by atoms with Crippen LogP contribution in [0.15, 0.2) is 0 Å². The van der Waals surface area contributed by atoms with Crippen LogP contribution < -0.4 is 0 Å². The molecule has 0 amide bonds. The Kier molecular flexibility index (Phi) is 15.2. The highest BCUT2D eigenvalue weighted by Crippen LogP contribution is 2.49. The fraction of sp³-hybridized carbons (Fsp3) is 1.00. The van der Waals surface area contributed by atoms with Crippen molar-refractivity contribution in [2.75, 3.05) is 13.2 Å². The first-order chi connectivity index (χ1) is 12.4. The number of unbranched alkanes of at least 4 members (excludes halogenated alkanes) is 9. The lowest BCUT2D eigenvalue weighted by atomic mass is 9.94. The minimum absolute atomic E-state index is 0.160. The molecule has 0 N–H and O–H groups in total. The molecule has 2 nitrogen and oxygen atoms in total. The summed E-state index contributed by atoms with van der Waals surface area (Å²) in [5.41, 5.74) is 0. The van der Waals surface area contributed by atoms with Gasteiger partial charge in [-0.25, -0.2) is 0 Å². The van der Waals surface area contributed by atoms with Crippen LogP contribution in [0, 0.1) is 5.92 Å². The Morgan fingerprint density at radius 2 is 1.12 bits per heavy atom. The summed E-state index contributed by atoms with van der Waals surface area (Å²) in [6, 6.07) is 1.16. The van der Waals surface area contributed by atoms with Gasteiger partial charge >= 0.3 is 8.56 Å². The first-order valence-corrected chi connectivity index (χ1v) is 13.7. The largest absolute Gasteiger partial charge is 0.394 e. The van der Waals surface area contributed by atoms with Gasteiger partial charge in [-0.1, -0.05) is 105 Å². The lowest BCUT2D eigenvalue weighted by molar-refractivity contribution is 0.140. The maximum atomic E-state index is 6.46. The topological polar surface area (TPSA) is 18.5 Å². The van der Waals surface area contributed by atoms with Gasteiger partial charge in [0.1, 0.15) is 0 Å². The quantitative estimate of drug-likeness (QED) is 0.174. The average Bonchev–Trinajstić information content (AvgIpc) is 2.62. The molecule has 158 valence electrons. The molecule has 0 bridgehead atoms. The van der Waals surface area contributed by atoms with Crippen molar-refractivity contribution in [1.82, 2.24) is 0 Å². The zero-order chi connectivity index (χ0) is 19.9. The van der Waals surface area contributed by atoms with Gasteiger partial charge in [-0.2, -0.15) is 0 Å². The molecule has 0 aliphatic rings. The van der Waals surface area contributed by atoms with Crippen LogP contribution >= 0.6 is 0 Å². The first-order valence-electron chi connectivity index (χ1n) is 11.7. The van der Waals surface area contributed by atoms with E-state index in [0.29, 0.717) is 5.92 Å². The van der Waals surface area contributed by atoms with Crippen molar-refractivity contribution in [3.63, 3.8) is 0 Å². The summed E-state index contributed by atoms with van der Waals surface area (Å²) >= 11 is 0. The van der Waals surface area contributed by atoms with E-state index in [4.69, 9.17) is 8.85 Å². The number of rotatable bonds is 18. The van der Waals surface area contributed by atoms with Crippen molar-refractivity contribution in [3.8, 4) is 0 Å². The first kappa shape index (κ1) is 26.1. The minimum atomic E-state index is -2.20. The van der Waals surface area contributed by atoms with E-state index in [1.807, 2.05) is 0 Å². The third-order valence-electron chi connectivity index (χ3n) is 6.44. The van der Waals surface area contributed by atoms with Crippen molar-refractivity contribution in [2.45, 2.75) is 130 Å². The molecule has 0 spiro atoms. The minimum Gasteiger partial charge on any atom is -0.394 e. The second-order valence-corrected chi connectivity index (χ2v) is 12.5. The lowest BCUT2D eigenvalue weighted by Crippen LogP contribution is -2.54. The summed E-state index contributed by atoms with van der Waals surface area (Å²) in [6.07, 6.45) is 15.0. The Labute approximate surface area is 167 Å². The van der Waals surface area contributed by atoms with Gasteiger partial charge in [0.2, 0.25) is 0 Å². The zero-order valence-electron chi connectivity index (χ0n) is 19.3. The molecule has 3 heteroatoms. The Bertz CT molecular complexity index is 311. The summed E-state index contributed by atoms with van der Waals surface area (Å²) in [7, 11) is -2.20. The molecule has 0 aliphatic carbocycles. The molecule has 0 aromatic carbocycles. The van der Waals surface area contributed by atoms with E-state index in [-0.39, 0.29) is 5.04 Å². The highest BCUT2D eigenvalue weighted by molar-refractivity contribution is 6.70. The van der Waals surface area contributed by atoms with Gasteiger partial charge in [-0.15, -0.1) is 0 Å². The number of hydrogen-bond donors (Lipinski definition) is 0. The summed E-state index contributed by atoms with van der Waals surface area (Å²) in [5.74, 6) is 0.635. The van der Waals surface area contributed by atoms with Crippen LogP contribution in [-0.4, -0.2) is 21.8 Å². The van der Waals surface area contributed by atoms with Gasteiger partial charge in [0, 0.05) is 18.3 Å². The predicted molar refractivity (Wildman–Crippen MR) is 119 cm³/mol. The molecule has 0 heterocycles. The van der Waals surface area contributed by atoms with E-state index >= 15 is 0 Å². The summed E-state index contributed by atoms with van der Waals surface area (Å²) in [4.78, 5) is 0. The average molecular weight is 387 g/mol. The standard InChI is InChI=1S/C23H50O2Si/c1-8-12-13-14-15-16-17-18-19-20-21-26(24-10-3,25-11-4)23(6,7)22(5)9-2/h22H,8-21H2,1-7H3. The Hall–Kier alpha value is 0.137. The summed E-state index contributed by atoms with van der Waals surface area (Å²) < 4.78 is 12.9. The lowest BCUT2D eigenvalue weighted by Gasteiger charge is -2.46. The maximum Gasteiger partial charge on any atom is 0.344 e. The molecule has 0 rings (SSSR count). The van der Waals surface area contributed by atoms with Crippen molar-refractivity contribution in [2.24, 2.45) is 5.92 Å². The van der Waals surface area contributed by atoms with Crippen LogP contribution in [0.5, 0.6) is 0 Å². The molecule has 0 aromatic heterocycles. The van der Waals surface area contributed by atoms with Crippen molar-refractivity contribution in [3.05, 3.63) is 0 Å². The normalized spacial score (nSPS) is 14.0. The predicted octanol–water partition coefficient (Wildman–Crippen LogP) is 8.25. The molecule has 0 saturated carbocycles. The second-order valence-electron chi connectivity index (χ2n) is 8.58. The van der Waals surface area contributed by atoms with Crippen molar-refractivity contribution >= 4 is 8.56 Å². The Morgan fingerprint density at radius 1 is 0.692 bits per heavy atom. The molecule has 1 unspecified atom stereocenters. The van der Waals surface area contributed by atoms with Gasteiger partial charge in [0.15, 0.2) is 0 Å². The van der Waals surface area contributed by atoms with E-state index in [1.54, 1.807) is 0 Å². The van der Waals surface area contributed by atoms with Gasteiger partial charge in [0.25, 0.3) is 0 Å². The van der Waals surface area contributed by atoms with Gasteiger partial charge in [0.05, 0.1) is 0 Å². The summed E-state index contributed by atoms with van der Waals surface area (Å²) in [5, 5.41) is 0.160. The molecular weight excluding hydrogens is 336 g/mol. The molecule has 0 radical (unpaired) electrons. The third kappa shape index (κ3) is 8.88. The zero-order valence-corrected chi connectivity index (χ0v) is 20.3. The molecule has 0 aliphatic heterocycles. The number of hydrogen-bond acceptors (Lipinski definition) is 2. The molecule has 0 saturated heterocycles. The van der Waals surface area contributed by atoms with E-state index in [9.17, 15) is 0 Å². The van der Waals surface area contributed by atoms with Crippen LogP contribution in [0.3, 0.4) is 0 Å².